The second kappa shape index (κ2) is 4.45. The van der Waals surface area contributed by atoms with E-state index in [1.54, 1.807) is 0 Å². The average Bonchev–Trinajstić information content (AvgIpc) is 3.02. The molecule has 0 atom stereocenters. The molecule has 1 saturated carbocycles. The minimum atomic E-state index is 0.624. The van der Waals surface area contributed by atoms with Gasteiger partial charge in [0.15, 0.2) is 0 Å². The molecule has 0 aromatic carbocycles. The van der Waals surface area contributed by atoms with Crippen LogP contribution in [0.25, 0.3) is 0 Å². The maximum Gasteiger partial charge on any atom is 0.146 e. The van der Waals surface area contributed by atoms with E-state index >= 15 is 0 Å². The number of hydrogen-bond acceptors (Lipinski definition) is 4. The summed E-state index contributed by atoms with van der Waals surface area (Å²) in [6, 6.07) is 0.624. The molecule has 0 bridgehead atoms. The van der Waals surface area contributed by atoms with E-state index < -0.39 is 0 Å². The summed E-state index contributed by atoms with van der Waals surface area (Å²) in [5.74, 6) is 1.78. The number of aromatic nitrogens is 2. The highest BCUT2D eigenvalue weighted by Crippen LogP contribution is 2.33. The molecular weight excluding hydrogens is 256 g/mol. The van der Waals surface area contributed by atoms with Crippen LogP contribution in [-0.2, 0) is 0 Å². The number of nitrogens with two attached hydrogens (primary N) is 1. The van der Waals surface area contributed by atoms with Crippen LogP contribution in [-0.4, -0.2) is 29.1 Å². The Morgan fingerprint density at radius 1 is 1.60 bits per heavy atom. The molecule has 82 valence electrons. The number of nitrogens with zero attached hydrogens (tertiary/aromatic N) is 3. The maximum atomic E-state index is 5.62. The number of anilines is 1. The molecule has 1 aromatic rings. The second-order valence-corrected chi connectivity index (χ2v) is 4.66. The Balaban J connectivity index is 2.27. The number of rotatable bonds is 4. The molecule has 1 aliphatic rings. The molecule has 1 aliphatic carbocycles. The molecule has 5 heteroatoms. The highest BCUT2D eigenvalue weighted by molar-refractivity contribution is 9.10. The number of hydrogen-bond donors (Lipinski definition) is 1. The first-order valence-corrected chi connectivity index (χ1v) is 5.97. The van der Waals surface area contributed by atoms with Crippen molar-refractivity contribution >= 4 is 21.7 Å². The van der Waals surface area contributed by atoms with Crippen molar-refractivity contribution in [2.45, 2.75) is 25.8 Å². The van der Waals surface area contributed by atoms with Gasteiger partial charge in [0.25, 0.3) is 0 Å². The molecule has 0 amide bonds. The third kappa shape index (κ3) is 2.46. The third-order valence-electron chi connectivity index (χ3n) is 2.48. The summed E-state index contributed by atoms with van der Waals surface area (Å²) >= 11 is 3.49. The van der Waals surface area contributed by atoms with Gasteiger partial charge >= 0.3 is 0 Å². The van der Waals surface area contributed by atoms with Crippen LogP contribution in [0.3, 0.4) is 0 Å². The molecule has 1 heterocycles. The Hall–Kier alpha value is -0.680. The van der Waals surface area contributed by atoms with E-state index in [4.69, 9.17) is 5.73 Å². The second-order valence-electron chi connectivity index (χ2n) is 3.80. The van der Waals surface area contributed by atoms with Crippen molar-refractivity contribution in [1.29, 1.82) is 0 Å². The van der Waals surface area contributed by atoms with E-state index in [1.807, 2.05) is 13.1 Å². The van der Waals surface area contributed by atoms with Gasteiger partial charge in [-0.2, -0.15) is 0 Å². The smallest absolute Gasteiger partial charge is 0.146 e. The Labute approximate surface area is 98.0 Å². The summed E-state index contributed by atoms with van der Waals surface area (Å²) in [5.41, 5.74) is 5.62. The first-order valence-electron chi connectivity index (χ1n) is 5.18. The van der Waals surface area contributed by atoms with E-state index in [0.717, 1.165) is 22.7 Å². The molecule has 0 unspecified atom stereocenters. The standard InChI is InChI=1S/C10H15BrN4/c1-7-13-6-9(11)10(14-7)15(5-4-12)8-2-3-8/h6,8H,2-5,12H2,1H3. The summed E-state index contributed by atoms with van der Waals surface area (Å²) in [6.07, 6.45) is 4.30. The third-order valence-corrected chi connectivity index (χ3v) is 3.04. The largest absolute Gasteiger partial charge is 0.351 e. The molecule has 15 heavy (non-hydrogen) atoms. The zero-order chi connectivity index (χ0) is 10.8. The SMILES string of the molecule is Cc1ncc(Br)c(N(CCN)C2CC2)n1. The van der Waals surface area contributed by atoms with Crippen molar-refractivity contribution in [2.75, 3.05) is 18.0 Å². The van der Waals surface area contributed by atoms with Crippen LogP contribution in [0.4, 0.5) is 5.82 Å². The quantitative estimate of drug-likeness (QED) is 0.901. The Kier molecular flexibility index (Phi) is 3.21. The predicted octanol–water partition coefficient (Wildman–Crippen LogP) is 1.48. The van der Waals surface area contributed by atoms with Crippen molar-refractivity contribution in [2.24, 2.45) is 5.73 Å². The molecule has 1 aromatic heterocycles. The molecule has 4 nitrogen and oxygen atoms in total. The van der Waals surface area contributed by atoms with Crippen molar-refractivity contribution in [3.05, 3.63) is 16.5 Å². The zero-order valence-electron chi connectivity index (χ0n) is 8.78. The topological polar surface area (TPSA) is 55.0 Å². The van der Waals surface area contributed by atoms with Gasteiger partial charge in [-0.15, -0.1) is 0 Å². The zero-order valence-corrected chi connectivity index (χ0v) is 10.4. The first-order chi connectivity index (χ1) is 7.22. The minimum absolute atomic E-state index is 0.624. The highest BCUT2D eigenvalue weighted by Gasteiger charge is 2.30. The lowest BCUT2D eigenvalue weighted by atomic mass is 10.4. The van der Waals surface area contributed by atoms with Crippen molar-refractivity contribution in [1.82, 2.24) is 9.97 Å². The molecule has 0 aliphatic heterocycles. The molecule has 0 spiro atoms. The van der Waals surface area contributed by atoms with Crippen molar-refractivity contribution < 1.29 is 0 Å². The lowest BCUT2D eigenvalue weighted by molar-refractivity contribution is 0.762. The van der Waals surface area contributed by atoms with Crippen LogP contribution in [0.5, 0.6) is 0 Å². The summed E-state index contributed by atoms with van der Waals surface area (Å²) < 4.78 is 0.952. The van der Waals surface area contributed by atoms with Gasteiger partial charge in [-0.1, -0.05) is 0 Å². The van der Waals surface area contributed by atoms with Crippen LogP contribution in [0.1, 0.15) is 18.7 Å². The number of aryl methyl sites for hydroxylation is 1. The van der Waals surface area contributed by atoms with E-state index in [-0.39, 0.29) is 0 Å². The fourth-order valence-corrected chi connectivity index (χ4v) is 2.05. The fourth-order valence-electron chi connectivity index (χ4n) is 1.63. The Morgan fingerprint density at radius 2 is 2.33 bits per heavy atom. The normalized spacial score (nSPS) is 15.4. The van der Waals surface area contributed by atoms with Gasteiger partial charge in [-0.25, -0.2) is 9.97 Å². The van der Waals surface area contributed by atoms with Crippen LogP contribution in [0.2, 0.25) is 0 Å². The maximum absolute atomic E-state index is 5.62. The predicted molar refractivity (Wildman–Crippen MR) is 63.9 cm³/mol. The average molecular weight is 271 g/mol. The Morgan fingerprint density at radius 3 is 2.93 bits per heavy atom. The van der Waals surface area contributed by atoms with Crippen LogP contribution < -0.4 is 10.6 Å². The fraction of sp³-hybridized carbons (Fsp3) is 0.600. The molecule has 0 radical (unpaired) electrons. The van der Waals surface area contributed by atoms with E-state index in [2.05, 4.69) is 30.8 Å². The van der Waals surface area contributed by atoms with Crippen molar-refractivity contribution in [3.63, 3.8) is 0 Å². The van der Waals surface area contributed by atoms with Crippen LogP contribution in [0, 0.1) is 6.92 Å². The van der Waals surface area contributed by atoms with E-state index in [9.17, 15) is 0 Å². The first kappa shape index (κ1) is 10.8. The van der Waals surface area contributed by atoms with Gasteiger partial charge in [0.2, 0.25) is 0 Å². The van der Waals surface area contributed by atoms with Crippen molar-refractivity contribution in [3.8, 4) is 0 Å². The Bertz CT molecular complexity index is 351. The highest BCUT2D eigenvalue weighted by atomic mass is 79.9. The van der Waals surface area contributed by atoms with Gasteiger partial charge in [0.05, 0.1) is 4.47 Å². The van der Waals surface area contributed by atoms with Gasteiger partial charge in [-0.05, 0) is 35.7 Å². The number of halogens is 1. The monoisotopic (exact) mass is 270 g/mol. The summed E-state index contributed by atoms with van der Waals surface area (Å²) in [6.45, 7) is 3.43. The summed E-state index contributed by atoms with van der Waals surface area (Å²) in [5, 5.41) is 0. The van der Waals surface area contributed by atoms with Crippen LogP contribution in [0.15, 0.2) is 10.7 Å². The molecular formula is C10H15BrN4. The van der Waals surface area contributed by atoms with Gasteiger partial charge < -0.3 is 10.6 Å². The van der Waals surface area contributed by atoms with Gasteiger partial charge in [0.1, 0.15) is 11.6 Å². The molecule has 0 saturated heterocycles. The molecule has 2 rings (SSSR count). The summed E-state index contributed by atoms with van der Waals surface area (Å²) in [7, 11) is 0. The summed E-state index contributed by atoms with van der Waals surface area (Å²) in [4.78, 5) is 10.9. The molecule has 1 fully saturated rings. The minimum Gasteiger partial charge on any atom is -0.351 e. The lowest BCUT2D eigenvalue weighted by Crippen LogP contribution is -2.32. The van der Waals surface area contributed by atoms with Gasteiger partial charge in [0, 0.05) is 25.3 Å². The van der Waals surface area contributed by atoms with E-state index in [1.165, 1.54) is 12.8 Å². The van der Waals surface area contributed by atoms with E-state index in [0.29, 0.717) is 12.6 Å². The lowest BCUT2D eigenvalue weighted by Gasteiger charge is -2.23. The van der Waals surface area contributed by atoms with Crippen LogP contribution >= 0.6 is 15.9 Å². The van der Waals surface area contributed by atoms with Gasteiger partial charge in [-0.3, -0.25) is 0 Å². The molecule has 2 N–H and O–H groups in total.